The molecule has 0 aromatic carbocycles. The number of halogens is 1. The van der Waals surface area contributed by atoms with Crippen LogP contribution in [0.5, 0.6) is 0 Å². The van der Waals surface area contributed by atoms with E-state index in [9.17, 15) is 4.39 Å². The third-order valence-electron chi connectivity index (χ3n) is 1.17. The lowest BCUT2D eigenvalue weighted by molar-refractivity contribution is 0.244. The zero-order chi connectivity index (χ0) is 6.57. The van der Waals surface area contributed by atoms with E-state index in [0.717, 1.165) is 0 Å². The van der Waals surface area contributed by atoms with E-state index < -0.39 is 6.17 Å². The molecule has 0 bridgehead atoms. The Labute approximate surface area is 50.1 Å². The van der Waals surface area contributed by atoms with Crippen LogP contribution in [0.3, 0.4) is 0 Å². The molecule has 0 fully saturated rings. The summed E-state index contributed by atoms with van der Waals surface area (Å²) >= 11 is 0. The van der Waals surface area contributed by atoms with Crippen LogP contribution in [0, 0.1) is 5.92 Å². The fourth-order valence-corrected chi connectivity index (χ4v) is 0.493. The Morgan fingerprint density at radius 2 is 2.00 bits per heavy atom. The molecule has 0 saturated carbocycles. The maximum absolute atomic E-state index is 12.4. The lowest BCUT2D eigenvalue weighted by Crippen LogP contribution is -2.14. The fourth-order valence-electron chi connectivity index (χ4n) is 0.493. The van der Waals surface area contributed by atoms with E-state index >= 15 is 0 Å². The van der Waals surface area contributed by atoms with E-state index in [0.29, 0.717) is 13.0 Å². The van der Waals surface area contributed by atoms with Crippen LogP contribution in [-0.2, 0) is 0 Å². The van der Waals surface area contributed by atoms with Crippen molar-refractivity contribution in [2.45, 2.75) is 26.4 Å². The number of alkyl halides is 1. The van der Waals surface area contributed by atoms with Crippen molar-refractivity contribution in [3.63, 3.8) is 0 Å². The van der Waals surface area contributed by atoms with Crippen LogP contribution in [0.15, 0.2) is 0 Å². The van der Waals surface area contributed by atoms with Crippen LogP contribution < -0.4 is 5.73 Å². The normalized spacial score (nSPS) is 14.6. The summed E-state index contributed by atoms with van der Waals surface area (Å²) in [5, 5.41) is 0. The van der Waals surface area contributed by atoms with Crippen LogP contribution in [-0.4, -0.2) is 12.7 Å². The summed E-state index contributed by atoms with van der Waals surface area (Å²) in [5.41, 5.74) is 5.13. The Kier molecular flexibility index (Phi) is 3.79. The fraction of sp³-hybridized carbons (Fsp3) is 1.00. The van der Waals surface area contributed by atoms with Crippen molar-refractivity contribution in [2.24, 2.45) is 11.7 Å². The van der Waals surface area contributed by atoms with Gasteiger partial charge in [-0.25, -0.2) is 4.39 Å². The summed E-state index contributed by atoms with van der Waals surface area (Å²) in [4.78, 5) is 0. The standard InChI is InChI=1S/C6H14FN/c1-5(2)6(7)3-4-8/h5-6H,3-4,8H2,1-2H3. The van der Waals surface area contributed by atoms with Gasteiger partial charge in [-0.05, 0) is 18.9 Å². The average Bonchev–Trinajstić information content (AvgIpc) is 1.67. The molecule has 1 atom stereocenters. The summed E-state index contributed by atoms with van der Waals surface area (Å²) in [5.74, 6) is 0.124. The Morgan fingerprint density at radius 3 is 2.12 bits per heavy atom. The van der Waals surface area contributed by atoms with Crippen molar-refractivity contribution in [3.8, 4) is 0 Å². The first kappa shape index (κ1) is 7.89. The molecule has 8 heavy (non-hydrogen) atoms. The molecule has 2 heteroatoms. The molecule has 2 N–H and O–H groups in total. The predicted octanol–water partition coefficient (Wildman–Crippen LogP) is 1.33. The molecule has 1 nitrogen and oxygen atoms in total. The number of hydrogen-bond donors (Lipinski definition) is 1. The lowest BCUT2D eigenvalue weighted by atomic mass is 10.1. The van der Waals surface area contributed by atoms with Gasteiger partial charge in [-0.1, -0.05) is 13.8 Å². The molecular weight excluding hydrogens is 105 g/mol. The highest BCUT2D eigenvalue weighted by Gasteiger charge is 2.08. The molecular formula is C6H14FN. The Bertz CT molecular complexity index is 54.5. The second-order valence-electron chi connectivity index (χ2n) is 2.34. The van der Waals surface area contributed by atoms with E-state index in [4.69, 9.17) is 5.73 Å². The SMILES string of the molecule is CC(C)C(F)CCN. The highest BCUT2D eigenvalue weighted by atomic mass is 19.1. The molecule has 0 aliphatic heterocycles. The van der Waals surface area contributed by atoms with Gasteiger partial charge in [-0.3, -0.25) is 0 Å². The van der Waals surface area contributed by atoms with Crippen LogP contribution in [0.2, 0.25) is 0 Å². The van der Waals surface area contributed by atoms with Crippen LogP contribution in [0.4, 0.5) is 4.39 Å². The number of hydrogen-bond acceptors (Lipinski definition) is 1. The Morgan fingerprint density at radius 1 is 1.50 bits per heavy atom. The molecule has 0 heterocycles. The third kappa shape index (κ3) is 2.97. The molecule has 0 aromatic heterocycles. The summed E-state index contributed by atoms with van der Waals surface area (Å²) in [6.07, 6.45) is -0.211. The summed E-state index contributed by atoms with van der Waals surface area (Å²) in [7, 11) is 0. The van der Waals surface area contributed by atoms with Crippen molar-refractivity contribution in [3.05, 3.63) is 0 Å². The largest absolute Gasteiger partial charge is 0.330 e. The van der Waals surface area contributed by atoms with Gasteiger partial charge in [0.05, 0.1) is 0 Å². The minimum atomic E-state index is -0.708. The highest BCUT2D eigenvalue weighted by Crippen LogP contribution is 2.08. The molecule has 0 amide bonds. The van der Waals surface area contributed by atoms with Crippen molar-refractivity contribution in [1.82, 2.24) is 0 Å². The van der Waals surface area contributed by atoms with Crippen molar-refractivity contribution < 1.29 is 4.39 Å². The zero-order valence-electron chi connectivity index (χ0n) is 5.52. The molecule has 0 rings (SSSR count). The molecule has 0 aromatic rings. The average molecular weight is 119 g/mol. The summed E-state index contributed by atoms with van der Waals surface area (Å²) in [6.45, 7) is 4.18. The van der Waals surface area contributed by atoms with Gasteiger partial charge in [0.25, 0.3) is 0 Å². The van der Waals surface area contributed by atoms with E-state index in [-0.39, 0.29) is 5.92 Å². The molecule has 50 valence electrons. The topological polar surface area (TPSA) is 26.0 Å². The maximum Gasteiger partial charge on any atom is 0.104 e. The van der Waals surface area contributed by atoms with Gasteiger partial charge in [0.15, 0.2) is 0 Å². The Balaban J connectivity index is 3.17. The highest BCUT2D eigenvalue weighted by molar-refractivity contribution is 4.59. The first-order chi connectivity index (χ1) is 3.68. The van der Waals surface area contributed by atoms with Gasteiger partial charge < -0.3 is 5.73 Å². The second-order valence-corrected chi connectivity index (χ2v) is 2.34. The second kappa shape index (κ2) is 3.84. The molecule has 1 unspecified atom stereocenters. The first-order valence-electron chi connectivity index (χ1n) is 3.02. The van der Waals surface area contributed by atoms with E-state index in [1.807, 2.05) is 13.8 Å². The van der Waals surface area contributed by atoms with Crippen LogP contribution >= 0.6 is 0 Å². The molecule has 0 saturated heterocycles. The van der Waals surface area contributed by atoms with Crippen molar-refractivity contribution in [2.75, 3.05) is 6.54 Å². The summed E-state index contributed by atoms with van der Waals surface area (Å²) in [6, 6.07) is 0. The predicted molar refractivity (Wildman–Crippen MR) is 33.4 cm³/mol. The van der Waals surface area contributed by atoms with Gasteiger partial charge in [0, 0.05) is 0 Å². The number of rotatable bonds is 3. The quantitative estimate of drug-likeness (QED) is 0.596. The minimum Gasteiger partial charge on any atom is -0.330 e. The van der Waals surface area contributed by atoms with Gasteiger partial charge in [-0.15, -0.1) is 0 Å². The van der Waals surface area contributed by atoms with Crippen molar-refractivity contribution in [1.29, 1.82) is 0 Å². The van der Waals surface area contributed by atoms with Crippen LogP contribution in [0.1, 0.15) is 20.3 Å². The minimum absolute atomic E-state index is 0.124. The van der Waals surface area contributed by atoms with E-state index in [1.54, 1.807) is 0 Å². The first-order valence-corrected chi connectivity index (χ1v) is 3.02. The third-order valence-corrected chi connectivity index (χ3v) is 1.17. The monoisotopic (exact) mass is 119 g/mol. The Hall–Kier alpha value is -0.110. The molecule has 0 aliphatic carbocycles. The lowest BCUT2D eigenvalue weighted by Gasteiger charge is -2.08. The van der Waals surface area contributed by atoms with Crippen molar-refractivity contribution >= 4 is 0 Å². The molecule has 0 spiro atoms. The van der Waals surface area contributed by atoms with Gasteiger partial charge in [0.1, 0.15) is 6.17 Å². The van der Waals surface area contributed by atoms with E-state index in [2.05, 4.69) is 0 Å². The molecule has 0 aliphatic rings. The van der Waals surface area contributed by atoms with E-state index in [1.165, 1.54) is 0 Å². The number of nitrogens with two attached hydrogens (primary N) is 1. The maximum atomic E-state index is 12.4. The summed E-state index contributed by atoms with van der Waals surface area (Å²) < 4.78 is 12.4. The van der Waals surface area contributed by atoms with Gasteiger partial charge in [0.2, 0.25) is 0 Å². The molecule has 0 radical (unpaired) electrons. The van der Waals surface area contributed by atoms with Gasteiger partial charge in [-0.2, -0.15) is 0 Å². The smallest absolute Gasteiger partial charge is 0.104 e. The zero-order valence-corrected chi connectivity index (χ0v) is 5.52. The van der Waals surface area contributed by atoms with Crippen LogP contribution in [0.25, 0.3) is 0 Å². The van der Waals surface area contributed by atoms with Gasteiger partial charge >= 0.3 is 0 Å².